The number of hydrogen-bond acceptors (Lipinski definition) is 4. The van der Waals surface area contributed by atoms with Crippen LogP contribution < -0.4 is 0 Å². The predicted octanol–water partition coefficient (Wildman–Crippen LogP) is 2.91. The lowest BCUT2D eigenvalue weighted by molar-refractivity contribution is 0.0854. The van der Waals surface area contributed by atoms with Crippen LogP contribution in [0.4, 0.5) is 0 Å². The van der Waals surface area contributed by atoms with E-state index in [4.69, 9.17) is 0 Å². The van der Waals surface area contributed by atoms with Gasteiger partial charge in [0.15, 0.2) is 11.4 Å². The number of aromatic nitrogens is 3. The molecule has 0 bridgehead atoms. The third-order valence-electron chi connectivity index (χ3n) is 5.50. The van der Waals surface area contributed by atoms with Crippen molar-refractivity contribution in [3.05, 3.63) is 29.7 Å². The van der Waals surface area contributed by atoms with E-state index in [1.165, 1.54) is 6.42 Å². The van der Waals surface area contributed by atoms with Gasteiger partial charge in [-0.05, 0) is 51.8 Å². The third-order valence-corrected chi connectivity index (χ3v) is 5.50. The lowest BCUT2D eigenvalue weighted by Gasteiger charge is -2.23. The maximum atomic E-state index is 12.5. The summed E-state index contributed by atoms with van der Waals surface area (Å²) in [7, 11) is 0. The minimum atomic E-state index is 0.232. The normalized spacial score (nSPS) is 22.8. The topological polar surface area (TPSA) is 50.5 Å². The molecule has 0 spiro atoms. The van der Waals surface area contributed by atoms with E-state index in [-0.39, 0.29) is 11.7 Å². The Morgan fingerprint density at radius 3 is 2.70 bits per heavy atom. The molecule has 23 heavy (non-hydrogen) atoms. The first-order valence-corrected chi connectivity index (χ1v) is 8.76. The van der Waals surface area contributed by atoms with Crippen molar-refractivity contribution in [1.82, 2.24) is 19.5 Å². The predicted molar refractivity (Wildman–Crippen MR) is 88.7 cm³/mol. The van der Waals surface area contributed by atoms with Gasteiger partial charge in [0, 0.05) is 36.2 Å². The van der Waals surface area contributed by atoms with E-state index in [2.05, 4.69) is 28.9 Å². The van der Waals surface area contributed by atoms with Gasteiger partial charge in [-0.25, -0.2) is 0 Å². The van der Waals surface area contributed by atoms with Gasteiger partial charge in [-0.1, -0.05) is 6.42 Å². The first-order valence-electron chi connectivity index (χ1n) is 8.76. The standard InChI is InChI=1S/C18H24N4O/c1-12(2)21-9-8-15(10-21)18-20-19-16-7-6-14(11-22(16)18)17(23)13-4-3-5-13/h6-7,11-13,15H,3-5,8-10H2,1-2H3. The summed E-state index contributed by atoms with van der Waals surface area (Å²) in [6.45, 7) is 6.61. The van der Waals surface area contributed by atoms with Crippen molar-refractivity contribution >= 4 is 11.4 Å². The van der Waals surface area contributed by atoms with Crippen LogP contribution in [0, 0.1) is 5.92 Å². The van der Waals surface area contributed by atoms with E-state index in [0.29, 0.717) is 12.0 Å². The van der Waals surface area contributed by atoms with Crippen LogP contribution in [0.15, 0.2) is 18.3 Å². The van der Waals surface area contributed by atoms with Crippen molar-refractivity contribution in [3.63, 3.8) is 0 Å². The summed E-state index contributed by atoms with van der Waals surface area (Å²) in [5.41, 5.74) is 1.65. The van der Waals surface area contributed by atoms with Crippen LogP contribution in [0.2, 0.25) is 0 Å². The molecule has 2 aromatic heterocycles. The fourth-order valence-corrected chi connectivity index (χ4v) is 3.71. The Morgan fingerprint density at radius 2 is 2.04 bits per heavy atom. The van der Waals surface area contributed by atoms with Crippen LogP contribution in [0.25, 0.3) is 5.65 Å². The van der Waals surface area contributed by atoms with Gasteiger partial charge >= 0.3 is 0 Å². The molecular formula is C18H24N4O. The van der Waals surface area contributed by atoms with Crippen LogP contribution in [-0.4, -0.2) is 44.4 Å². The summed E-state index contributed by atoms with van der Waals surface area (Å²) in [5, 5.41) is 8.72. The molecule has 1 aliphatic carbocycles. The van der Waals surface area contributed by atoms with Crippen molar-refractivity contribution in [1.29, 1.82) is 0 Å². The fraction of sp³-hybridized carbons (Fsp3) is 0.611. The highest BCUT2D eigenvalue weighted by Gasteiger charge is 2.30. The largest absolute Gasteiger partial charge is 0.300 e. The molecule has 122 valence electrons. The van der Waals surface area contributed by atoms with E-state index in [1.807, 2.05) is 22.7 Å². The van der Waals surface area contributed by atoms with Crippen LogP contribution in [0.3, 0.4) is 0 Å². The Balaban J connectivity index is 1.64. The van der Waals surface area contributed by atoms with E-state index in [0.717, 1.165) is 49.4 Å². The summed E-state index contributed by atoms with van der Waals surface area (Å²) in [6, 6.07) is 4.40. The lowest BCUT2D eigenvalue weighted by atomic mass is 9.80. The highest BCUT2D eigenvalue weighted by Crippen LogP contribution is 2.31. The SMILES string of the molecule is CC(C)N1CCC(c2nnc3ccc(C(=O)C4CCC4)cn23)C1. The zero-order chi connectivity index (χ0) is 16.0. The second-order valence-electron chi connectivity index (χ2n) is 7.27. The average molecular weight is 312 g/mol. The maximum absolute atomic E-state index is 12.5. The second-order valence-corrected chi connectivity index (χ2v) is 7.27. The highest BCUT2D eigenvalue weighted by atomic mass is 16.1. The maximum Gasteiger partial charge on any atom is 0.167 e. The molecule has 1 atom stereocenters. The average Bonchev–Trinajstić information content (AvgIpc) is 3.11. The van der Waals surface area contributed by atoms with Crippen molar-refractivity contribution in [2.45, 2.75) is 51.5 Å². The minimum Gasteiger partial charge on any atom is -0.300 e. The lowest BCUT2D eigenvalue weighted by Crippen LogP contribution is -2.28. The molecule has 2 aromatic rings. The fourth-order valence-electron chi connectivity index (χ4n) is 3.71. The van der Waals surface area contributed by atoms with E-state index >= 15 is 0 Å². The zero-order valence-electron chi connectivity index (χ0n) is 13.9. The first kappa shape index (κ1) is 14.8. The van der Waals surface area contributed by atoms with Gasteiger partial charge in [0.1, 0.15) is 5.82 Å². The molecule has 0 radical (unpaired) electrons. The molecule has 1 saturated heterocycles. The molecule has 4 rings (SSSR count). The van der Waals surface area contributed by atoms with Gasteiger partial charge in [-0.15, -0.1) is 10.2 Å². The smallest absolute Gasteiger partial charge is 0.167 e. The van der Waals surface area contributed by atoms with E-state index in [1.54, 1.807) is 0 Å². The molecule has 1 aliphatic heterocycles. The Labute approximate surface area is 136 Å². The molecule has 1 unspecified atom stereocenters. The Kier molecular flexibility index (Phi) is 3.68. The molecule has 5 nitrogen and oxygen atoms in total. The zero-order valence-corrected chi connectivity index (χ0v) is 13.9. The van der Waals surface area contributed by atoms with E-state index in [9.17, 15) is 4.79 Å². The Morgan fingerprint density at radius 1 is 1.22 bits per heavy atom. The molecule has 0 amide bonds. The van der Waals surface area contributed by atoms with Gasteiger partial charge in [-0.2, -0.15) is 0 Å². The number of Topliss-reactive ketones (excluding diaryl/α,β-unsaturated/α-hetero) is 1. The van der Waals surface area contributed by atoms with Crippen molar-refractivity contribution < 1.29 is 4.79 Å². The van der Waals surface area contributed by atoms with Crippen LogP contribution in [0.5, 0.6) is 0 Å². The van der Waals surface area contributed by atoms with Crippen molar-refractivity contribution in [2.24, 2.45) is 5.92 Å². The number of rotatable bonds is 4. The quantitative estimate of drug-likeness (QED) is 0.815. The number of nitrogens with zero attached hydrogens (tertiary/aromatic N) is 4. The summed E-state index contributed by atoms with van der Waals surface area (Å²) in [5.74, 6) is 1.93. The highest BCUT2D eigenvalue weighted by molar-refractivity contribution is 5.98. The van der Waals surface area contributed by atoms with Crippen LogP contribution in [0.1, 0.15) is 61.6 Å². The third kappa shape index (κ3) is 2.57. The number of ketones is 1. The van der Waals surface area contributed by atoms with E-state index < -0.39 is 0 Å². The number of likely N-dealkylation sites (tertiary alicyclic amines) is 1. The number of carbonyl (C=O) groups excluding carboxylic acids is 1. The molecule has 3 heterocycles. The molecule has 2 aliphatic rings. The van der Waals surface area contributed by atoms with Crippen LogP contribution in [-0.2, 0) is 0 Å². The van der Waals surface area contributed by atoms with Gasteiger partial charge < -0.3 is 4.90 Å². The second kappa shape index (κ2) is 5.71. The monoisotopic (exact) mass is 312 g/mol. The number of hydrogen-bond donors (Lipinski definition) is 0. The van der Waals surface area contributed by atoms with Crippen LogP contribution >= 0.6 is 0 Å². The number of pyridine rings is 1. The molecule has 1 saturated carbocycles. The first-order chi connectivity index (χ1) is 11.1. The summed E-state index contributed by atoms with van der Waals surface area (Å²) < 4.78 is 2.04. The van der Waals surface area contributed by atoms with Crippen molar-refractivity contribution in [2.75, 3.05) is 13.1 Å². The summed E-state index contributed by atoms with van der Waals surface area (Å²) in [6.07, 6.45) is 6.34. The summed E-state index contributed by atoms with van der Waals surface area (Å²) >= 11 is 0. The molecular weight excluding hydrogens is 288 g/mol. The molecule has 5 heteroatoms. The van der Waals surface area contributed by atoms with Gasteiger partial charge in [0.05, 0.1) is 0 Å². The summed E-state index contributed by atoms with van der Waals surface area (Å²) in [4.78, 5) is 15.0. The molecule has 2 fully saturated rings. The van der Waals surface area contributed by atoms with Gasteiger partial charge in [0.2, 0.25) is 0 Å². The molecule has 0 aromatic carbocycles. The van der Waals surface area contributed by atoms with Gasteiger partial charge in [0.25, 0.3) is 0 Å². The Hall–Kier alpha value is -1.75. The molecule has 0 N–H and O–H groups in total. The van der Waals surface area contributed by atoms with Gasteiger partial charge in [-0.3, -0.25) is 9.20 Å². The minimum absolute atomic E-state index is 0.232. The number of carbonyl (C=O) groups is 1. The number of fused-ring (bicyclic) bond motifs is 1. The Bertz CT molecular complexity index is 732. The van der Waals surface area contributed by atoms with Crippen molar-refractivity contribution in [3.8, 4) is 0 Å².